The molecule has 0 aliphatic carbocycles. The molecule has 1 aliphatic heterocycles. The van der Waals surface area contributed by atoms with E-state index in [4.69, 9.17) is 0 Å². The third-order valence-corrected chi connectivity index (χ3v) is 4.86. The number of carbonyl (C=O) groups is 2. The van der Waals surface area contributed by atoms with Crippen molar-refractivity contribution in [2.45, 2.75) is 46.0 Å². The van der Waals surface area contributed by atoms with Gasteiger partial charge in [-0.3, -0.25) is 9.59 Å². The first-order valence-corrected chi connectivity index (χ1v) is 9.63. The van der Waals surface area contributed by atoms with Gasteiger partial charge in [0.2, 0.25) is 11.8 Å². The summed E-state index contributed by atoms with van der Waals surface area (Å²) in [5, 5.41) is 2.90. The van der Waals surface area contributed by atoms with Gasteiger partial charge in [-0.15, -0.1) is 0 Å². The molecule has 1 aromatic rings. The normalized spacial score (nSPS) is 13.6. The molecule has 0 bridgehead atoms. The Labute approximate surface area is 143 Å². The number of unbranched alkanes of at least 4 members (excludes halogenated alkanes) is 1. The highest BCUT2D eigenvalue weighted by Gasteiger charge is 2.26. The lowest BCUT2D eigenvalue weighted by Gasteiger charge is -2.32. The number of thioether (sulfide) groups is 1. The number of hydrogen-bond acceptors (Lipinski definition) is 3. The Morgan fingerprint density at radius 3 is 2.78 bits per heavy atom. The zero-order valence-corrected chi connectivity index (χ0v) is 15.1. The molecule has 1 aliphatic rings. The van der Waals surface area contributed by atoms with E-state index in [2.05, 4.69) is 11.6 Å². The van der Waals surface area contributed by atoms with E-state index in [9.17, 15) is 9.59 Å². The van der Waals surface area contributed by atoms with Gasteiger partial charge in [-0.25, -0.2) is 0 Å². The minimum Gasteiger partial charge on any atom is -0.326 e. The summed E-state index contributed by atoms with van der Waals surface area (Å²) in [7, 11) is 0. The van der Waals surface area contributed by atoms with E-state index in [1.807, 2.05) is 35.7 Å². The molecular weight excluding hydrogens is 308 g/mol. The summed E-state index contributed by atoms with van der Waals surface area (Å²) in [6.07, 6.45) is 6.57. The zero-order chi connectivity index (χ0) is 16.8. The van der Waals surface area contributed by atoms with Crippen molar-refractivity contribution in [1.29, 1.82) is 0 Å². The smallest absolute Gasteiger partial charge is 0.226 e. The summed E-state index contributed by atoms with van der Waals surface area (Å²) in [4.78, 5) is 26.0. The summed E-state index contributed by atoms with van der Waals surface area (Å²) in [5.74, 6) is 1.24. The van der Waals surface area contributed by atoms with Gasteiger partial charge >= 0.3 is 0 Å². The first-order chi connectivity index (χ1) is 11.0. The molecule has 1 heterocycles. The maximum absolute atomic E-state index is 12.6. The van der Waals surface area contributed by atoms with Crippen LogP contribution in [0.1, 0.15) is 43.7 Å². The van der Waals surface area contributed by atoms with Crippen LogP contribution >= 0.6 is 11.8 Å². The van der Waals surface area contributed by atoms with E-state index < -0.39 is 0 Å². The standard InChI is InChI=1S/C18H26N2O2S/c1-13-9-10-16(19-14(2)21)15-7-6-11-20(18(13)15)17(22)8-4-5-12-23-3/h9-10H,4-8,11-12H2,1-3H3,(H,19,21). The van der Waals surface area contributed by atoms with Crippen LogP contribution in [0.15, 0.2) is 12.1 Å². The van der Waals surface area contributed by atoms with E-state index in [1.165, 1.54) is 6.92 Å². The summed E-state index contributed by atoms with van der Waals surface area (Å²) in [5.41, 5.74) is 4.06. The quantitative estimate of drug-likeness (QED) is 0.806. The highest BCUT2D eigenvalue weighted by molar-refractivity contribution is 7.98. The number of amides is 2. The van der Waals surface area contributed by atoms with Crippen molar-refractivity contribution in [1.82, 2.24) is 0 Å². The van der Waals surface area contributed by atoms with Crippen molar-refractivity contribution in [3.8, 4) is 0 Å². The lowest BCUT2D eigenvalue weighted by Crippen LogP contribution is -2.36. The number of rotatable bonds is 6. The number of hydrogen-bond donors (Lipinski definition) is 1. The van der Waals surface area contributed by atoms with Crippen molar-refractivity contribution >= 4 is 35.0 Å². The van der Waals surface area contributed by atoms with Crippen molar-refractivity contribution in [2.24, 2.45) is 0 Å². The third kappa shape index (κ3) is 4.50. The summed E-state index contributed by atoms with van der Waals surface area (Å²) in [6, 6.07) is 3.94. The molecule has 5 heteroatoms. The van der Waals surface area contributed by atoms with Crippen LogP contribution in [0.5, 0.6) is 0 Å². The van der Waals surface area contributed by atoms with Crippen molar-refractivity contribution in [2.75, 3.05) is 28.8 Å². The SMILES string of the molecule is CSCCCCC(=O)N1CCCc2c(NC(C)=O)ccc(C)c21. The van der Waals surface area contributed by atoms with E-state index >= 15 is 0 Å². The van der Waals surface area contributed by atoms with Gasteiger partial charge in [0.1, 0.15) is 0 Å². The second-order valence-electron chi connectivity index (χ2n) is 6.04. The maximum Gasteiger partial charge on any atom is 0.226 e. The van der Waals surface area contributed by atoms with Crippen LogP contribution in [0.2, 0.25) is 0 Å². The Balaban J connectivity index is 2.20. The number of aryl methyl sites for hydroxylation is 1. The average molecular weight is 334 g/mol. The summed E-state index contributed by atoms with van der Waals surface area (Å²) in [6.45, 7) is 4.33. The predicted octanol–water partition coefficient (Wildman–Crippen LogP) is 3.77. The molecule has 0 fully saturated rings. The van der Waals surface area contributed by atoms with E-state index in [-0.39, 0.29) is 11.8 Å². The van der Waals surface area contributed by atoms with Gasteiger partial charge in [-0.2, -0.15) is 11.8 Å². The molecular formula is C18H26N2O2S. The molecule has 0 aromatic heterocycles. The molecule has 0 spiro atoms. The highest BCUT2D eigenvalue weighted by atomic mass is 32.2. The van der Waals surface area contributed by atoms with Crippen LogP contribution in [0, 0.1) is 6.92 Å². The summed E-state index contributed by atoms with van der Waals surface area (Å²) >= 11 is 1.82. The largest absolute Gasteiger partial charge is 0.326 e. The highest BCUT2D eigenvalue weighted by Crippen LogP contribution is 2.36. The Kier molecular flexibility index (Phi) is 6.51. The number of benzene rings is 1. The van der Waals surface area contributed by atoms with E-state index in [0.29, 0.717) is 6.42 Å². The molecule has 2 rings (SSSR count). The molecule has 0 unspecified atom stereocenters. The lowest BCUT2D eigenvalue weighted by molar-refractivity contribution is -0.118. The fourth-order valence-corrected chi connectivity index (χ4v) is 3.61. The van der Waals surface area contributed by atoms with Gasteiger partial charge in [0, 0.05) is 25.6 Å². The Morgan fingerprint density at radius 1 is 1.30 bits per heavy atom. The van der Waals surface area contributed by atoms with Gasteiger partial charge in [0.15, 0.2) is 0 Å². The Hall–Kier alpha value is -1.49. The maximum atomic E-state index is 12.6. The molecule has 0 atom stereocenters. The number of nitrogens with zero attached hydrogens (tertiary/aromatic N) is 1. The van der Waals surface area contributed by atoms with Gasteiger partial charge in [0.05, 0.1) is 5.69 Å². The number of fused-ring (bicyclic) bond motifs is 1. The topological polar surface area (TPSA) is 49.4 Å². The van der Waals surface area contributed by atoms with Crippen LogP contribution in [0.4, 0.5) is 11.4 Å². The average Bonchev–Trinajstić information content (AvgIpc) is 2.53. The Morgan fingerprint density at radius 2 is 2.09 bits per heavy atom. The molecule has 2 amide bonds. The van der Waals surface area contributed by atoms with Gasteiger partial charge in [-0.1, -0.05) is 6.07 Å². The van der Waals surface area contributed by atoms with Gasteiger partial charge in [0.25, 0.3) is 0 Å². The van der Waals surface area contributed by atoms with E-state index in [0.717, 1.165) is 60.5 Å². The van der Waals surface area contributed by atoms with Crippen LogP contribution in [0.25, 0.3) is 0 Å². The Bertz CT molecular complexity index is 587. The molecule has 0 saturated carbocycles. The fraction of sp³-hybridized carbons (Fsp3) is 0.556. The lowest BCUT2D eigenvalue weighted by atomic mass is 9.95. The monoisotopic (exact) mass is 334 g/mol. The molecule has 126 valence electrons. The zero-order valence-electron chi connectivity index (χ0n) is 14.3. The van der Waals surface area contributed by atoms with Crippen molar-refractivity contribution in [3.05, 3.63) is 23.3 Å². The van der Waals surface area contributed by atoms with E-state index in [1.54, 1.807) is 0 Å². The second-order valence-corrected chi connectivity index (χ2v) is 7.02. The molecule has 0 saturated heterocycles. The predicted molar refractivity (Wildman–Crippen MR) is 98.4 cm³/mol. The molecule has 23 heavy (non-hydrogen) atoms. The van der Waals surface area contributed by atoms with Gasteiger partial charge in [-0.05, 0) is 61.8 Å². The third-order valence-electron chi connectivity index (χ3n) is 4.16. The first-order valence-electron chi connectivity index (χ1n) is 8.24. The minimum absolute atomic E-state index is 0.0726. The van der Waals surface area contributed by atoms with Crippen LogP contribution in [-0.4, -0.2) is 30.4 Å². The number of nitrogens with one attached hydrogen (secondary N) is 1. The first kappa shape index (κ1) is 17.9. The minimum atomic E-state index is -0.0726. The van der Waals surface area contributed by atoms with Crippen LogP contribution in [-0.2, 0) is 16.0 Å². The van der Waals surface area contributed by atoms with Crippen molar-refractivity contribution in [3.63, 3.8) is 0 Å². The second kappa shape index (κ2) is 8.39. The van der Waals surface area contributed by atoms with Crippen LogP contribution < -0.4 is 10.2 Å². The molecule has 4 nitrogen and oxygen atoms in total. The van der Waals surface area contributed by atoms with Gasteiger partial charge < -0.3 is 10.2 Å². The molecule has 1 N–H and O–H groups in total. The molecule has 1 aromatic carbocycles. The summed E-state index contributed by atoms with van der Waals surface area (Å²) < 4.78 is 0. The number of anilines is 2. The molecule has 0 radical (unpaired) electrons. The van der Waals surface area contributed by atoms with Crippen LogP contribution in [0.3, 0.4) is 0 Å². The number of carbonyl (C=O) groups excluding carboxylic acids is 2. The fourth-order valence-electron chi connectivity index (χ4n) is 3.12. The van der Waals surface area contributed by atoms with Crippen molar-refractivity contribution < 1.29 is 9.59 Å².